The van der Waals surface area contributed by atoms with Crippen molar-refractivity contribution in [3.05, 3.63) is 11.1 Å². The van der Waals surface area contributed by atoms with Gasteiger partial charge in [-0.2, -0.15) is 0 Å². The zero-order chi connectivity index (χ0) is 29.6. The molecule has 40 heavy (non-hydrogen) atoms. The highest BCUT2D eigenvalue weighted by molar-refractivity contribution is 6.07. The molecule has 0 aromatic heterocycles. The van der Waals surface area contributed by atoms with E-state index < -0.39 is 5.41 Å². The molecule has 0 radical (unpaired) electrons. The fourth-order valence-corrected chi connectivity index (χ4v) is 11.9. The monoisotopic (exact) mass is 552 g/mol. The number of fused-ring (bicyclic) bond motifs is 7. The summed E-state index contributed by atoms with van der Waals surface area (Å²) in [7, 11) is 0. The van der Waals surface area contributed by atoms with Gasteiger partial charge in [0.15, 0.2) is 5.78 Å². The van der Waals surface area contributed by atoms with E-state index in [9.17, 15) is 14.4 Å². The number of rotatable bonds is 5. The van der Waals surface area contributed by atoms with E-state index in [1.807, 2.05) is 0 Å². The minimum absolute atomic E-state index is 0.00937. The number of ether oxygens (including phenoxy) is 1. The average Bonchev–Trinajstić information content (AvgIpc) is 3.14. The van der Waals surface area contributed by atoms with Crippen LogP contribution in [-0.2, 0) is 19.1 Å². The summed E-state index contributed by atoms with van der Waals surface area (Å²) in [6.07, 6.45) is 9.48. The Bertz CT molecular complexity index is 1130. The van der Waals surface area contributed by atoms with Crippen molar-refractivity contribution in [1.82, 2.24) is 0 Å². The minimum Gasteiger partial charge on any atom is -0.462 e. The largest absolute Gasteiger partial charge is 0.462 e. The SMILES string of the molecule is CC(=O)O[C@H]1CC[C@]2(C)[C@H]3CC[C@@H]4C5=C(C(C)C)C(=O)C[C@]5(C(=O)CC(C)C)CC[C@@]4(C)[C@]3(C)CC[C@H]2C1(C)C. The van der Waals surface area contributed by atoms with Gasteiger partial charge in [0.05, 0.1) is 5.41 Å². The molecule has 8 atom stereocenters. The molecule has 4 saturated carbocycles. The summed E-state index contributed by atoms with van der Waals surface area (Å²) >= 11 is 0. The zero-order valence-electron chi connectivity index (χ0n) is 27.2. The van der Waals surface area contributed by atoms with Gasteiger partial charge in [0.2, 0.25) is 0 Å². The fraction of sp³-hybridized carbons (Fsp3) is 0.861. The molecule has 0 aliphatic heterocycles. The summed E-state index contributed by atoms with van der Waals surface area (Å²) < 4.78 is 5.91. The normalized spacial score (nSPS) is 44.1. The zero-order valence-corrected chi connectivity index (χ0v) is 27.2. The lowest BCUT2D eigenvalue weighted by Gasteiger charge is -2.72. The highest BCUT2D eigenvalue weighted by Crippen LogP contribution is 2.76. The second-order valence-corrected chi connectivity index (χ2v) is 16.8. The lowest BCUT2D eigenvalue weighted by atomic mass is 9.33. The Morgan fingerprint density at radius 1 is 0.850 bits per heavy atom. The van der Waals surface area contributed by atoms with Crippen LogP contribution in [0.2, 0.25) is 0 Å². The van der Waals surface area contributed by atoms with Crippen LogP contribution in [0, 0.1) is 56.7 Å². The first kappa shape index (κ1) is 30.0. The number of hydrogen-bond donors (Lipinski definition) is 0. The first-order valence-electron chi connectivity index (χ1n) is 16.4. The Morgan fingerprint density at radius 3 is 2.12 bits per heavy atom. The molecule has 224 valence electrons. The van der Waals surface area contributed by atoms with Gasteiger partial charge in [-0.25, -0.2) is 0 Å². The summed E-state index contributed by atoms with van der Waals surface area (Å²) in [6.45, 7) is 22.5. The van der Waals surface area contributed by atoms with Gasteiger partial charge in [0, 0.05) is 25.2 Å². The number of ketones is 2. The van der Waals surface area contributed by atoms with E-state index in [0.29, 0.717) is 42.3 Å². The summed E-state index contributed by atoms with van der Waals surface area (Å²) in [5.41, 5.74) is 2.12. The quantitative estimate of drug-likeness (QED) is 0.321. The van der Waals surface area contributed by atoms with Gasteiger partial charge in [0.25, 0.3) is 0 Å². The van der Waals surface area contributed by atoms with Crippen LogP contribution in [0.15, 0.2) is 11.1 Å². The summed E-state index contributed by atoms with van der Waals surface area (Å²) in [5, 5.41) is 0. The van der Waals surface area contributed by atoms with Crippen LogP contribution in [0.5, 0.6) is 0 Å². The van der Waals surface area contributed by atoms with E-state index in [0.717, 1.165) is 50.5 Å². The van der Waals surface area contributed by atoms with Crippen LogP contribution in [0.3, 0.4) is 0 Å². The summed E-state index contributed by atoms with van der Waals surface area (Å²) in [6, 6.07) is 0. The minimum atomic E-state index is -0.556. The topological polar surface area (TPSA) is 60.4 Å². The standard InChI is InChI=1S/C36H56O4/c1-21(2)19-28(39)36-18-17-34(9)24(31(36)30(22(3)4)25(38)20-36)11-12-27-33(8)15-14-29(40-23(5)37)32(6,7)26(33)13-16-35(27,34)10/h21-22,24,26-27,29H,11-20H2,1-10H3/t24-,26+,27-,29+,33+,34-,35-,36+/m1/s1. The van der Waals surface area contributed by atoms with Crippen molar-refractivity contribution in [1.29, 1.82) is 0 Å². The van der Waals surface area contributed by atoms with E-state index in [1.165, 1.54) is 12.0 Å². The molecule has 0 N–H and O–H groups in total. The van der Waals surface area contributed by atoms with Crippen LogP contribution >= 0.6 is 0 Å². The third-order valence-electron chi connectivity index (χ3n) is 13.8. The van der Waals surface area contributed by atoms with Crippen molar-refractivity contribution in [3.63, 3.8) is 0 Å². The van der Waals surface area contributed by atoms with Crippen LogP contribution in [-0.4, -0.2) is 23.6 Å². The molecule has 0 amide bonds. The van der Waals surface area contributed by atoms with Crippen molar-refractivity contribution < 1.29 is 19.1 Å². The van der Waals surface area contributed by atoms with Crippen molar-refractivity contribution in [2.45, 2.75) is 140 Å². The molecule has 0 aromatic carbocycles. The molecule has 5 rings (SSSR count). The Kier molecular flexibility index (Phi) is 7.15. The number of hydrogen-bond acceptors (Lipinski definition) is 4. The molecular weight excluding hydrogens is 496 g/mol. The summed E-state index contributed by atoms with van der Waals surface area (Å²) in [5.74, 6) is 2.32. The maximum atomic E-state index is 14.1. The number of esters is 1. The molecule has 0 aromatic rings. The molecule has 0 saturated heterocycles. The molecule has 5 aliphatic rings. The van der Waals surface area contributed by atoms with Crippen molar-refractivity contribution in [2.24, 2.45) is 56.7 Å². The summed E-state index contributed by atoms with van der Waals surface area (Å²) in [4.78, 5) is 39.7. The molecule has 4 heteroatoms. The molecule has 0 bridgehead atoms. The third kappa shape index (κ3) is 3.92. The van der Waals surface area contributed by atoms with E-state index in [2.05, 4.69) is 62.3 Å². The van der Waals surface area contributed by atoms with E-state index in [4.69, 9.17) is 4.74 Å². The Hall–Kier alpha value is -1.45. The van der Waals surface area contributed by atoms with Crippen LogP contribution in [0.1, 0.15) is 133 Å². The smallest absolute Gasteiger partial charge is 0.302 e. The van der Waals surface area contributed by atoms with Gasteiger partial charge >= 0.3 is 5.97 Å². The molecule has 5 aliphatic carbocycles. The molecule has 0 unspecified atom stereocenters. The van der Waals surface area contributed by atoms with Gasteiger partial charge in [-0.15, -0.1) is 0 Å². The maximum absolute atomic E-state index is 14.1. The second-order valence-electron chi connectivity index (χ2n) is 16.8. The van der Waals surface area contributed by atoms with Crippen molar-refractivity contribution in [3.8, 4) is 0 Å². The van der Waals surface area contributed by atoms with E-state index in [-0.39, 0.29) is 45.4 Å². The number of carbonyl (C=O) groups excluding carboxylic acids is 3. The first-order chi connectivity index (χ1) is 18.5. The van der Waals surface area contributed by atoms with Gasteiger partial charge in [-0.05, 0) is 108 Å². The Morgan fingerprint density at radius 2 is 1.52 bits per heavy atom. The maximum Gasteiger partial charge on any atom is 0.302 e. The van der Waals surface area contributed by atoms with Gasteiger partial charge in [-0.1, -0.05) is 62.3 Å². The van der Waals surface area contributed by atoms with Gasteiger partial charge in [0.1, 0.15) is 11.9 Å². The second kappa shape index (κ2) is 9.53. The predicted octanol–water partition coefficient (Wildman–Crippen LogP) is 8.51. The molecule has 4 fully saturated rings. The highest BCUT2D eigenvalue weighted by Gasteiger charge is 2.70. The predicted molar refractivity (Wildman–Crippen MR) is 159 cm³/mol. The van der Waals surface area contributed by atoms with Crippen molar-refractivity contribution >= 4 is 17.5 Å². The molecular formula is C36H56O4. The Balaban J connectivity index is 1.56. The first-order valence-corrected chi connectivity index (χ1v) is 16.4. The highest BCUT2D eigenvalue weighted by atomic mass is 16.5. The lowest BCUT2D eigenvalue weighted by Crippen LogP contribution is -2.66. The Labute approximate surface area is 243 Å². The number of carbonyl (C=O) groups is 3. The van der Waals surface area contributed by atoms with Crippen LogP contribution < -0.4 is 0 Å². The van der Waals surface area contributed by atoms with E-state index >= 15 is 0 Å². The van der Waals surface area contributed by atoms with Crippen molar-refractivity contribution in [2.75, 3.05) is 0 Å². The third-order valence-corrected chi connectivity index (χ3v) is 13.8. The number of allylic oxidation sites excluding steroid dienone is 2. The van der Waals surface area contributed by atoms with Gasteiger partial charge in [-0.3, -0.25) is 14.4 Å². The van der Waals surface area contributed by atoms with Crippen LogP contribution in [0.4, 0.5) is 0 Å². The van der Waals surface area contributed by atoms with Crippen LogP contribution in [0.25, 0.3) is 0 Å². The molecule has 0 heterocycles. The van der Waals surface area contributed by atoms with E-state index in [1.54, 1.807) is 6.92 Å². The van der Waals surface area contributed by atoms with Gasteiger partial charge < -0.3 is 4.74 Å². The molecule has 0 spiro atoms. The lowest BCUT2D eigenvalue weighted by molar-refractivity contribution is -0.232. The average molecular weight is 553 g/mol. The fourth-order valence-electron chi connectivity index (χ4n) is 11.9. The number of Topliss-reactive ketones (excluding diaryl/α,β-unsaturated/α-hetero) is 2. The molecule has 4 nitrogen and oxygen atoms in total.